The maximum Gasteiger partial charge on any atom is 0.0249 e. The topological polar surface area (TPSA) is 15.3 Å². The van der Waals surface area contributed by atoms with Crippen molar-refractivity contribution >= 4 is 0 Å². The van der Waals surface area contributed by atoms with Gasteiger partial charge in [-0.15, -0.1) is 0 Å². The van der Waals surface area contributed by atoms with E-state index in [9.17, 15) is 0 Å². The molecule has 2 heteroatoms. The van der Waals surface area contributed by atoms with Crippen LogP contribution in [0.3, 0.4) is 0 Å². The minimum absolute atomic E-state index is 0.564. The molecule has 18 heavy (non-hydrogen) atoms. The normalized spacial score (nSPS) is 34.8. The van der Waals surface area contributed by atoms with Gasteiger partial charge in [0.2, 0.25) is 0 Å². The highest BCUT2D eigenvalue weighted by Crippen LogP contribution is 2.32. The lowest BCUT2D eigenvalue weighted by Crippen LogP contribution is -2.49. The summed E-state index contributed by atoms with van der Waals surface area (Å²) in [6.45, 7) is 7.53. The first-order chi connectivity index (χ1) is 8.62. The zero-order valence-electron chi connectivity index (χ0n) is 12.7. The van der Waals surface area contributed by atoms with E-state index >= 15 is 0 Å². The van der Waals surface area contributed by atoms with Crippen LogP contribution in [0.2, 0.25) is 0 Å². The van der Waals surface area contributed by atoms with Crippen LogP contribution in [-0.2, 0) is 0 Å². The van der Waals surface area contributed by atoms with E-state index in [1.54, 1.807) is 0 Å². The van der Waals surface area contributed by atoms with E-state index in [4.69, 9.17) is 0 Å². The van der Waals surface area contributed by atoms with Crippen molar-refractivity contribution in [2.45, 2.75) is 77.3 Å². The molecule has 0 spiro atoms. The molecule has 2 rings (SSSR count). The maximum absolute atomic E-state index is 3.59. The van der Waals surface area contributed by atoms with Crippen LogP contribution in [0.15, 0.2) is 0 Å². The number of likely N-dealkylation sites (tertiary alicyclic amines) is 1. The van der Waals surface area contributed by atoms with Gasteiger partial charge in [0.05, 0.1) is 0 Å². The average molecular weight is 252 g/mol. The van der Waals surface area contributed by atoms with Crippen LogP contribution in [0.5, 0.6) is 0 Å². The highest BCUT2D eigenvalue weighted by molar-refractivity contribution is 4.88. The Morgan fingerprint density at radius 1 is 0.944 bits per heavy atom. The quantitative estimate of drug-likeness (QED) is 0.758. The Balaban J connectivity index is 1.99. The third-order valence-electron chi connectivity index (χ3n) is 5.19. The van der Waals surface area contributed by atoms with E-state index in [2.05, 4.69) is 31.1 Å². The Kier molecular flexibility index (Phi) is 5.08. The maximum atomic E-state index is 3.59. The van der Waals surface area contributed by atoms with Crippen LogP contribution >= 0.6 is 0 Å². The van der Waals surface area contributed by atoms with E-state index < -0.39 is 0 Å². The van der Waals surface area contributed by atoms with E-state index in [-0.39, 0.29) is 0 Å². The van der Waals surface area contributed by atoms with E-state index in [0.717, 1.165) is 12.1 Å². The fourth-order valence-electron chi connectivity index (χ4n) is 3.84. The first-order valence-electron chi connectivity index (χ1n) is 8.04. The second-order valence-corrected chi connectivity index (χ2v) is 7.15. The van der Waals surface area contributed by atoms with Gasteiger partial charge in [-0.25, -0.2) is 0 Å². The Labute approximate surface area is 114 Å². The van der Waals surface area contributed by atoms with Gasteiger partial charge in [0.1, 0.15) is 0 Å². The molecule has 0 bridgehead atoms. The Hall–Kier alpha value is -0.0800. The molecular weight excluding hydrogens is 220 g/mol. The van der Waals surface area contributed by atoms with Gasteiger partial charge >= 0.3 is 0 Å². The fourth-order valence-corrected chi connectivity index (χ4v) is 3.84. The smallest absolute Gasteiger partial charge is 0.0249 e. The largest absolute Gasteiger partial charge is 0.315 e. The zero-order chi connectivity index (χ0) is 13.0. The number of hydrogen-bond acceptors (Lipinski definition) is 2. The summed E-state index contributed by atoms with van der Waals surface area (Å²) >= 11 is 0. The lowest BCUT2D eigenvalue weighted by Gasteiger charge is -2.36. The lowest BCUT2D eigenvalue weighted by atomic mass is 9.85. The molecule has 1 aliphatic heterocycles. The van der Waals surface area contributed by atoms with Crippen LogP contribution in [0, 0.1) is 5.41 Å². The van der Waals surface area contributed by atoms with Gasteiger partial charge < -0.3 is 5.32 Å². The SMILES string of the molecule is CNC1CCCCCC1N1CCCC(C)(C)CC1. The Bertz CT molecular complexity index is 249. The summed E-state index contributed by atoms with van der Waals surface area (Å²) in [5.74, 6) is 0. The molecule has 0 aromatic carbocycles. The molecule has 2 nitrogen and oxygen atoms in total. The van der Waals surface area contributed by atoms with Crippen LogP contribution in [0.25, 0.3) is 0 Å². The van der Waals surface area contributed by atoms with E-state index in [1.807, 2.05) is 0 Å². The summed E-state index contributed by atoms with van der Waals surface area (Å²) in [7, 11) is 2.16. The van der Waals surface area contributed by atoms with Crippen molar-refractivity contribution in [2.24, 2.45) is 5.41 Å². The molecule has 0 aromatic heterocycles. The average Bonchev–Trinajstić information content (AvgIpc) is 2.66. The van der Waals surface area contributed by atoms with E-state index in [1.165, 1.54) is 64.5 Å². The minimum atomic E-state index is 0.564. The minimum Gasteiger partial charge on any atom is -0.315 e. The van der Waals surface area contributed by atoms with Gasteiger partial charge in [-0.2, -0.15) is 0 Å². The number of nitrogens with one attached hydrogen (secondary N) is 1. The summed E-state index contributed by atoms with van der Waals surface area (Å²) in [6, 6.07) is 1.53. The van der Waals surface area contributed by atoms with E-state index in [0.29, 0.717) is 5.41 Å². The second kappa shape index (κ2) is 6.38. The number of rotatable bonds is 2. The highest BCUT2D eigenvalue weighted by Gasteiger charge is 2.31. The molecule has 0 aromatic rings. The number of hydrogen-bond donors (Lipinski definition) is 1. The van der Waals surface area contributed by atoms with Crippen molar-refractivity contribution in [1.29, 1.82) is 0 Å². The molecular formula is C16H32N2. The van der Waals surface area contributed by atoms with Gasteiger partial charge in [0.25, 0.3) is 0 Å². The molecule has 2 atom stereocenters. The van der Waals surface area contributed by atoms with Crippen molar-refractivity contribution in [3.63, 3.8) is 0 Å². The molecule has 2 aliphatic rings. The molecule has 1 N–H and O–H groups in total. The number of likely N-dealkylation sites (N-methyl/N-ethyl adjacent to an activating group) is 1. The monoisotopic (exact) mass is 252 g/mol. The van der Waals surface area contributed by atoms with Crippen molar-refractivity contribution in [3.8, 4) is 0 Å². The van der Waals surface area contributed by atoms with Crippen molar-refractivity contribution in [1.82, 2.24) is 10.2 Å². The van der Waals surface area contributed by atoms with Crippen LogP contribution < -0.4 is 5.32 Å². The second-order valence-electron chi connectivity index (χ2n) is 7.15. The molecule has 0 amide bonds. The first kappa shape index (κ1) is 14.3. The van der Waals surface area contributed by atoms with Crippen molar-refractivity contribution in [3.05, 3.63) is 0 Å². The standard InChI is InChI=1S/C16H32N2/c1-16(2)10-7-12-18(13-11-16)15-9-6-4-5-8-14(15)17-3/h14-15,17H,4-13H2,1-3H3. The van der Waals surface area contributed by atoms with Gasteiger partial charge in [-0.3, -0.25) is 4.90 Å². The summed E-state index contributed by atoms with van der Waals surface area (Å²) < 4.78 is 0. The molecule has 1 heterocycles. The van der Waals surface area contributed by atoms with Crippen molar-refractivity contribution in [2.75, 3.05) is 20.1 Å². The molecule has 106 valence electrons. The van der Waals surface area contributed by atoms with Gasteiger partial charge in [0.15, 0.2) is 0 Å². The predicted molar refractivity (Wildman–Crippen MR) is 78.9 cm³/mol. The van der Waals surface area contributed by atoms with Gasteiger partial charge in [0, 0.05) is 12.1 Å². The predicted octanol–water partition coefficient (Wildman–Crippen LogP) is 3.42. The van der Waals surface area contributed by atoms with Crippen molar-refractivity contribution < 1.29 is 0 Å². The van der Waals surface area contributed by atoms with Crippen LogP contribution in [-0.4, -0.2) is 37.1 Å². The van der Waals surface area contributed by atoms with Gasteiger partial charge in [-0.05, 0) is 57.7 Å². The third kappa shape index (κ3) is 3.71. The molecule has 1 saturated heterocycles. The molecule has 1 aliphatic carbocycles. The first-order valence-corrected chi connectivity index (χ1v) is 8.04. The zero-order valence-corrected chi connectivity index (χ0v) is 12.7. The molecule has 2 unspecified atom stereocenters. The number of nitrogens with zero attached hydrogens (tertiary/aromatic N) is 1. The van der Waals surface area contributed by atoms with Crippen LogP contribution in [0.4, 0.5) is 0 Å². The summed E-state index contributed by atoms with van der Waals surface area (Å²) in [5, 5.41) is 3.59. The Morgan fingerprint density at radius 2 is 1.72 bits per heavy atom. The Morgan fingerprint density at radius 3 is 2.50 bits per heavy atom. The summed E-state index contributed by atoms with van der Waals surface area (Å²) in [4.78, 5) is 2.81. The summed E-state index contributed by atoms with van der Waals surface area (Å²) in [5.41, 5.74) is 0.564. The molecule has 2 fully saturated rings. The highest BCUT2D eigenvalue weighted by atomic mass is 15.2. The third-order valence-corrected chi connectivity index (χ3v) is 5.19. The fraction of sp³-hybridized carbons (Fsp3) is 1.00. The lowest BCUT2D eigenvalue weighted by molar-refractivity contribution is 0.151. The van der Waals surface area contributed by atoms with Crippen LogP contribution in [0.1, 0.15) is 65.2 Å². The summed E-state index contributed by atoms with van der Waals surface area (Å²) in [6.07, 6.45) is 11.2. The molecule has 0 radical (unpaired) electrons. The molecule has 1 saturated carbocycles. The van der Waals surface area contributed by atoms with Gasteiger partial charge in [-0.1, -0.05) is 33.1 Å².